The quantitative estimate of drug-likeness (QED) is 0.823. The van der Waals surface area contributed by atoms with E-state index in [0.29, 0.717) is 6.54 Å². The maximum absolute atomic E-state index is 12.2. The van der Waals surface area contributed by atoms with Gasteiger partial charge in [0.2, 0.25) is 0 Å². The van der Waals surface area contributed by atoms with Gasteiger partial charge < -0.3 is 10.3 Å². The smallest absolute Gasteiger partial charge is 0.255 e. The number of hydrogen-bond acceptors (Lipinski definition) is 3. The molecule has 0 bridgehead atoms. The predicted octanol–water partition coefficient (Wildman–Crippen LogP) is 1.49. The van der Waals surface area contributed by atoms with E-state index in [0.717, 1.165) is 42.9 Å². The Morgan fingerprint density at radius 1 is 1.20 bits per heavy atom. The van der Waals surface area contributed by atoms with Gasteiger partial charge in [0, 0.05) is 25.4 Å². The van der Waals surface area contributed by atoms with Crippen molar-refractivity contribution >= 4 is 0 Å². The summed E-state index contributed by atoms with van der Waals surface area (Å²) in [6.07, 6.45) is 2.96. The summed E-state index contributed by atoms with van der Waals surface area (Å²) in [7, 11) is 0. The third-order valence-corrected chi connectivity index (χ3v) is 4.42. The van der Waals surface area contributed by atoms with E-state index in [1.165, 1.54) is 11.1 Å². The first kappa shape index (κ1) is 11.9. The van der Waals surface area contributed by atoms with Crippen molar-refractivity contribution in [2.45, 2.75) is 31.7 Å². The second kappa shape index (κ2) is 4.56. The minimum Gasteiger partial charge on any atom is -0.312 e. The largest absolute Gasteiger partial charge is 0.312 e. The van der Waals surface area contributed by atoms with E-state index in [9.17, 15) is 4.79 Å². The number of benzene rings is 1. The number of nitrogens with zero attached hydrogens (tertiary/aromatic N) is 1. The molecule has 102 valence electrons. The molecule has 0 amide bonds. The Hall–Kier alpha value is -1.94. The Morgan fingerprint density at radius 2 is 2.10 bits per heavy atom. The van der Waals surface area contributed by atoms with Crippen LogP contribution in [0.15, 0.2) is 29.1 Å². The standard InChI is InChI=1S/C16H17N3O/c20-16-13-9-17-8-7-14(13)18-15(19-16)12-6-5-10-3-1-2-4-11(10)12/h1-4,12,17H,5-9H2,(H,18,19,20). The van der Waals surface area contributed by atoms with Gasteiger partial charge in [-0.1, -0.05) is 24.3 Å². The Kier molecular flexibility index (Phi) is 2.70. The Morgan fingerprint density at radius 3 is 3.05 bits per heavy atom. The lowest BCUT2D eigenvalue weighted by Gasteiger charge is -2.18. The number of aromatic nitrogens is 2. The van der Waals surface area contributed by atoms with Crippen molar-refractivity contribution in [3.8, 4) is 0 Å². The molecule has 2 aromatic rings. The SMILES string of the molecule is O=c1[nH]c(C2CCc3ccccc32)nc2c1CNCC2. The van der Waals surface area contributed by atoms with Crippen molar-refractivity contribution in [1.29, 1.82) is 0 Å². The molecular formula is C16H17N3O. The molecule has 4 nitrogen and oxygen atoms in total. The summed E-state index contributed by atoms with van der Waals surface area (Å²) in [6, 6.07) is 8.48. The first-order chi connectivity index (χ1) is 9.83. The van der Waals surface area contributed by atoms with E-state index in [2.05, 4.69) is 34.6 Å². The zero-order valence-electron chi connectivity index (χ0n) is 11.3. The highest BCUT2D eigenvalue weighted by Gasteiger charge is 2.27. The van der Waals surface area contributed by atoms with Crippen LogP contribution < -0.4 is 10.9 Å². The van der Waals surface area contributed by atoms with Gasteiger partial charge in [-0.15, -0.1) is 0 Å². The maximum atomic E-state index is 12.2. The molecule has 2 heterocycles. The van der Waals surface area contributed by atoms with Crippen LogP contribution in [0.1, 0.15) is 40.5 Å². The molecule has 2 N–H and O–H groups in total. The lowest BCUT2D eigenvalue weighted by atomic mass is 9.99. The highest BCUT2D eigenvalue weighted by Crippen LogP contribution is 2.36. The van der Waals surface area contributed by atoms with Gasteiger partial charge in [0.05, 0.1) is 11.3 Å². The van der Waals surface area contributed by atoms with Crippen molar-refractivity contribution in [3.05, 3.63) is 62.8 Å². The summed E-state index contributed by atoms with van der Waals surface area (Å²) in [5, 5.41) is 3.23. The lowest BCUT2D eigenvalue weighted by molar-refractivity contribution is 0.605. The van der Waals surface area contributed by atoms with Crippen molar-refractivity contribution < 1.29 is 0 Å². The maximum Gasteiger partial charge on any atom is 0.255 e. The van der Waals surface area contributed by atoms with Crippen LogP contribution in [0.5, 0.6) is 0 Å². The Labute approximate surface area is 117 Å². The molecule has 4 heteroatoms. The molecule has 0 radical (unpaired) electrons. The predicted molar refractivity (Wildman–Crippen MR) is 76.9 cm³/mol. The van der Waals surface area contributed by atoms with Crippen LogP contribution in [0.3, 0.4) is 0 Å². The topological polar surface area (TPSA) is 57.8 Å². The highest BCUT2D eigenvalue weighted by atomic mass is 16.1. The molecule has 20 heavy (non-hydrogen) atoms. The zero-order chi connectivity index (χ0) is 13.5. The molecule has 2 aliphatic rings. The Balaban J connectivity index is 1.81. The molecule has 4 rings (SSSR count). The van der Waals surface area contributed by atoms with E-state index in [4.69, 9.17) is 4.98 Å². The number of aromatic amines is 1. The van der Waals surface area contributed by atoms with Crippen LogP contribution in [0.2, 0.25) is 0 Å². The van der Waals surface area contributed by atoms with Gasteiger partial charge >= 0.3 is 0 Å². The summed E-state index contributed by atoms with van der Waals surface area (Å²) >= 11 is 0. The number of hydrogen-bond donors (Lipinski definition) is 2. The molecule has 0 saturated heterocycles. The van der Waals surface area contributed by atoms with Crippen LogP contribution >= 0.6 is 0 Å². The van der Waals surface area contributed by atoms with Crippen molar-refractivity contribution in [3.63, 3.8) is 0 Å². The third-order valence-electron chi connectivity index (χ3n) is 4.42. The minimum absolute atomic E-state index is 0.0292. The summed E-state index contributed by atoms with van der Waals surface area (Å²) in [6.45, 7) is 1.54. The van der Waals surface area contributed by atoms with E-state index in [1.54, 1.807) is 0 Å². The van der Waals surface area contributed by atoms with Gasteiger partial charge in [0.25, 0.3) is 5.56 Å². The van der Waals surface area contributed by atoms with Crippen LogP contribution in [0.4, 0.5) is 0 Å². The molecule has 0 saturated carbocycles. The molecular weight excluding hydrogens is 250 g/mol. The van der Waals surface area contributed by atoms with Gasteiger partial charge in [-0.3, -0.25) is 4.79 Å². The first-order valence-electron chi connectivity index (χ1n) is 7.23. The first-order valence-corrected chi connectivity index (χ1v) is 7.23. The third kappa shape index (κ3) is 1.79. The van der Waals surface area contributed by atoms with Crippen LogP contribution in [-0.2, 0) is 19.4 Å². The van der Waals surface area contributed by atoms with Crippen molar-refractivity contribution in [2.24, 2.45) is 0 Å². The van der Waals surface area contributed by atoms with Gasteiger partial charge in [-0.2, -0.15) is 0 Å². The van der Waals surface area contributed by atoms with E-state index in [-0.39, 0.29) is 11.5 Å². The number of nitrogens with one attached hydrogen (secondary N) is 2. The fraction of sp³-hybridized carbons (Fsp3) is 0.375. The molecule has 1 aliphatic heterocycles. The summed E-state index contributed by atoms with van der Waals surface area (Å²) in [5.74, 6) is 1.10. The van der Waals surface area contributed by atoms with Gasteiger partial charge in [-0.25, -0.2) is 4.98 Å². The molecule has 0 spiro atoms. The lowest BCUT2D eigenvalue weighted by Crippen LogP contribution is -2.32. The van der Waals surface area contributed by atoms with E-state index < -0.39 is 0 Å². The number of H-pyrrole nitrogens is 1. The average Bonchev–Trinajstić information content (AvgIpc) is 2.91. The molecule has 1 aromatic carbocycles. The number of rotatable bonds is 1. The minimum atomic E-state index is 0.0292. The second-order valence-electron chi connectivity index (χ2n) is 5.59. The van der Waals surface area contributed by atoms with E-state index in [1.807, 2.05) is 0 Å². The monoisotopic (exact) mass is 267 g/mol. The van der Waals surface area contributed by atoms with Crippen molar-refractivity contribution in [1.82, 2.24) is 15.3 Å². The Bertz CT molecular complexity index is 720. The molecule has 1 atom stereocenters. The normalized spacial score (nSPS) is 20.5. The van der Waals surface area contributed by atoms with Gasteiger partial charge in [0.15, 0.2) is 0 Å². The highest BCUT2D eigenvalue weighted by molar-refractivity contribution is 5.39. The molecule has 1 unspecified atom stereocenters. The van der Waals surface area contributed by atoms with Crippen LogP contribution in [-0.4, -0.2) is 16.5 Å². The summed E-state index contributed by atoms with van der Waals surface area (Å²) in [4.78, 5) is 20.0. The second-order valence-corrected chi connectivity index (χ2v) is 5.59. The van der Waals surface area contributed by atoms with Gasteiger partial charge in [0.1, 0.15) is 5.82 Å². The molecule has 1 aromatic heterocycles. The van der Waals surface area contributed by atoms with Crippen molar-refractivity contribution in [2.75, 3.05) is 6.54 Å². The summed E-state index contributed by atoms with van der Waals surface area (Å²) < 4.78 is 0. The fourth-order valence-corrected chi connectivity index (χ4v) is 3.38. The number of fused-ring (bicyclic) bond motifs is 2. The zero-order valence-corrected chi connectivity index (χ0v) is 11.3. The summed E-state index contributed by atoms with van der Waals surface area (Å²) in [5.41, 5.74) is 4.53. The molecule has 0 fully saturated rings. The molecule has 1 aliphatic carbocycles. The van der Waals surface area contributed by atoms with Crippen LogP contribution in [0, 0.1) is 0 Å². The average molecular weight is 267 g/mol. The number of aryl methyl sites for hydroxylation is 1. The van der Waals surface area contributed by atoms with E-state index >= 15 is 0 Å². The van der Waals surface area contributed by atoms with Gasteiger partial charge in [-0.05, 0) is 24.0 Å². The van der Waals surface area contributed by atoms with Crippen LogP contribution in [0.25, 0.3) is 0 Å². The fourth-order valence-electron chi connectivity index (χ4n) is 3.38.